The SMILES string of the molecule is CCNCC[C@H]1CC[C@H](CCN(C)S(=O)(=O)c2ccc(Cl)cc2)CC1. The number of benzene rings is 1. The Bertz CT molecular complexity index is 611. The molecule has 4 nitrogen and oxygen atoms in total. The lowest BCUT2D eigenvalue weighted by molar-refractivity contribution is 0.243. The Labute approximate surface area is 158 Å². The van der Waals surface area contributed by atoms with Crippen LogP contribution in [-0.2, 0) is 10.0 Å². The molecule has 0 saturated heterocycles. The first-order valence-corrected chi connectivity index (χ1v) is 11.2. The van der Waals surface area contributed by atoms with Crippen molar-refractivity contribution in [2.24, 2.45) is 11.8 Å². The molecular weight excluding hydrogens is 356 g/mol. The monoisotopic (exact) mass is 386 g/mol. The first kappa shape index (κ1) is 20.7. The molecule has 0 unspecified atom stereocenters. The number of sulfonamides is 1. The minimum atomic E-state index is -3.42. The zero-order valence-electron chi connectivity index (χ0n) is 15.4. The fraction of sp³-hybridized carbons (Fsp3) is 0.684. The van der Waals surface area contributed by atoms with Crippen LogP contribution in [0.3, 0.4) is 0 Å². The zero-order chi connectivity index (χ0) is 18.3. The summed E-state index contributed by atoms with van der Waals surface area (Å²) in [5.74, 6) is 1.49. The van der Waals surface area contributed by atoms with E-state index >= 15 is 0 Å². The van der Waals surface area contributed by atoms with E-state index in [4.69, 9.17) is 11.6 Å². The number of nitrogens with one attached hydrogen (secondary N) is 1. The minimum Gasteiger partial charge on any atom is -0.317 e. The van der Waals surface area contributed by atoms with Crippen molar-refractivity contribution in [3.63, 3.8) is 0 Å². The third kappa shape index (κ3) is 6.24. The highest BCUT2D eigenvalue weighted by atomic mass is 35.5. The maximum atomic E-state index is 12.6. The van der Waals surface area contributed by atoms with Crippen molar-refractivity contribution in [2.75, 3.05) is 26.7 Å². The van der Waals surface area contributed by atoms with Crippen molar-refractivity contribution in [3.8, 4) is 0 Å². The number of hydrogen-bond acceptors (Lipinski definition) is 3. The van der Waals surface area contributed by atoms with Gasteiger partial charge in [0.15, 0.2) is 0 Å². The largest absolute Gasteiger partial charge is 0.317 e. The summed E-state index contributed by atoms with van der Waals surface area (Å²) in [7, 11) is -1.74. The fourth-order valence-electron chi connectivity index (χ4n) is 3.56. The van der Waals surface area contributed by atoms with Gasteiger partial charge in [-0.05, 0) is 62.0 Å². The maximum Gasteiger partial charge on any atom is 0.242 e. The van der Waals surface area contributed by atoms with Gasteiger partial charge in [0, 0.05) is 18.6 Å². The lowest BCUT2D eigenvalue weighted by Crippen LogP contribution is -2.30. The molecule has 1 aliphatic rings. The van der Waals surface area contributed by atoms with E-state index < -0.39 is 10.0 Å². The molecule has 1 aliphatic carbocycles. The van der Waals surface area contributed by atoms with Gasteiger partial charge in [0.05, 0.1) is 4.90 Å². The Morgan fingerprint density at radius 2 is 1.64 bits per heavy atom. The van der Waals surface area contributed by atoms with Gasteiger partial charge in [-0.15, -0.1) is 0 Å². The minimum absolute atomic E-state index is 0.312. The maximum absolute atomic E-state index is 12.6. The molecule has 2 rings (SSSR count). The number of nitrogens with zero attached hydrogens (tertiary/aromatic N) is 1. The predicted molar refractivity (Wildman–Crippen MR) is 104 cm³/mol. The standard InChI is InChI=1S/C19H31ClN2O2S/c1-3-21-14-12-16-4-6-17(7-5-16)13-15-22(2)25(23,24)19-10-8-18(20)9-11-19/h8-11,16-17,21H,3-7,12-15H2,1-2H3/t16-,17-. The lowest BCUT2D eigenvalue weighted by Gasteiger charge is -2.29. The van der Waals surface area contributed by atoms with Gasteiger partial charge in [0.2, 0.25) is 10.0 Å². The summed E-state index contributed by atoms with van der Waals surface area (Å²) in [5, 5.41) is 3.95. The molecule has 1 N–H and O–H groups in total. The molecule has 0 amide bonds. The first-order chi connectivity index (χ1) is 11.9. The van der Waals surface area contributed by atoms with Crippen LogP contribution in [0.4, 0.5) is 0 Å². The van der Waals surface area contributed by atoms with Crippen molar-refractivity contribution >= 4 is 21.6 Å². The summed E-state index contributed by atoms with van der Waals surface area (Å²) >= 11 is 5.84. The fourth-order valence-corrected chi connectivity index (χ4v) is 4.87. The lowest BCUT2D eigenvalue weighted by atomic mass is 9.79. The molecule has 1 aromatic rings. The van der Waals surface area contributed by atoms with Gasteiger partial charge in [-0.3, -0.25) is 0 Å². The second-order valence-electron chi connectivity index (χ2n) is 7.10. The highest BCUT2D eigenvalue weighted by Gasteiger charge is 2.24. The molecule has 1 fully saturated rings. The summed E-state index contributed by atoms with van der Waals surface area (Å²) < 4.78 is 26.7. The molecule has 6 heteroatoms. The molecule has 1 saturated carbocycles. The van der Waals surface area contributed by atoms with Gasteiger partial charge in [-0.1, -0.05) is 44.2 Å². The van der Waals surface area contributed by atoms with E-state index in [1.165, 1.54) is 36.4 Å². The average molecular weight is 387 g/mol. The van der Waals surface area contributed by atoms with Crippen molar-refractivity contribution in [3.05, 3.63) is 29.3 Å². The van der Waals surface area contributed by atoms with Crippen molar-refractivity contribution in [2.45, 2.75) is 50.3 Å². The topological polar surface area (TPSA) is 49.4 Å². The Hall–Kier alpha value is -0.620. The highest BCUT2D eigenvalue weighted by Crippen LogP contribution is 2.32. The predicted octanol–water partition coefficient (Wildman–Crippen LogP) is 4.16. The molecule has 0 spiro atoms. The molecule has 0 aromatic heterocycles. The van der Waals surface area contributed by atoms with Crippen LogP contribution >= 0.6 is 11.6 Å². The highest BCUT2D eigenvalue weighted by molar-refractivity contribution is 7.89. The van der Waals surface area contributed by atoms with Gasteiger partial charge in [0.25, 0.3) is 0 Å². The van der Waals surface area contributed by atoms with E-state index in [9.17, 15) is 8.42 Å². The van der Waals surface area contributed by atoms with Crippen LogP contribution in [0.15, 0.2) is 29.2 Å². The smallest absolute Gasteiger partial charge is 0.242 e. The summed E-state index contributed by atoms with van der Waals surface area (Å²) in [6, 6.07) is 6.39. The van der Waals surface area contributed by atoms with Crippen LogP contribution in [0.5, 0.6) is 0 Å². The Balaban J connectivity index is 1.77. The molecule has 1 aromatic carbocycles. The third-order valence-electron chi connectivity index (χ3n) is 5.32. The Morgan fingerprint density at radius 1 is 1.08 bits per heavy atom. The van der Waals surface area contributed by atoms with Gasteiger partial charge < -0.3 is 5.32 Å². The van der Waals surface area contributed by atoms with E-state index in [1.807, 2.05) is 0 Å². The molecule has 0 bridgehead atoms. The third-order valence-corrected chi connectivity index (χ3v) is 7.44. The zero-order valence-corrected chi connectivity index (χ0v) is 17.0. The van der Waals surface area contributed by atoms with Gasteiger partial charge >= 0.3 is 0 Å². The van der Waals surface area contributed by atoms with Crippen molar-refractivity contribution in [1.82, 2.24) is 9.62 Å². The van der Waals surface area contributed by atoms with E-state index in [-0.39, 0.29) is 0 Å². The Morgan fingerprint density at radius 3 is 2.20 bits per heavy atom. The number of rotatable bonds is 9. The molecule has 0 heterocycles. The van der Waals surface area contributed by atoms with Crippen LogP contribution in [0.2, 0.25) is 5.02 Å². The van der Waals surface area contributed by atoms with Crippen molar-refractivity contribution < 1.29 is 8.42 Å². The van der Waals surface area contributed by atoms with Crippen LogP contribution in [0, 0.1) is 11.8 Å². The molecule has 142 valence electrons. The normalized spacial score (nSPS) is 21.6. The number of halogens is 1. The van der Waals surface area contributed by atoms with E-state index in [0.29, 0.717) is 22.4 Å². The Kier molecular flexibility index (Phi) is 8.20. The molecule has 25 heavy (non-hydrogen) atoms. The van der Waals surface area contributed by atoms with Crippen LogP contribution in [0.25, 0.3) is 0 Å². The van der Waals surface area contributed by atoms with Crippen LogP contribution < -0.4 is 5.32 Å². The molecule has 0 radical (unpaired) electrons. The quantitative estimate of drug-likeness (QED) is 0.648. The van der Waals surface area contributed by atoms with Crippen LogP contribution in [0.1, 0.15) is 45.4 Å². The summed E-state index contributed by atoms with van der Waals surface area (Å²) in [5.41, 5.74) is 0. The van der Waals surface area contributed by atoms with Crippen molar-refractivity contribution in [1.29, 1.82) is 0 Å². The van der Waals surface area contributed by atoms with E-state index in [0.717, 1.165) is 25.4 Å². The summed E-state index contributed by atoms with van der Waals surface area (Å²) in [6.45, 7) is 4.89. The number of hydrogen-bond donors (Lipinski definition) is 1. The molecule has 0 aliphatic heterocycles. The summed E-state index contributed by atoms with van der Waals surface area (Å²) in [6.07, 6.45) is 7.24. The average Bonchev–Trinajstić information content (AvgIpc) is 2.61. The van der Waals surface area contributed by atoms with E-state index in [2.05, 4.69) is 12.2 Å². The van der Waals surface area contributed by atoms with Crippen LogP contribution in [-0.4, -0.2) is 39.4 Å². The molecule has 0 atom stereocenters. The van der Waals surface area contributed by atoms with Gasteiger partial charge in [-0.25, -0.2) is 12.7 Å². The second kappa shape index (κ2) is 9.91. The first-order valence-electron chi connectivity index (χ1n) is 9.36. The van der Waals surface area contributed by atoms with Gasteiger partial charge in [0.1, 0.15) is 0 Å². The van der Waals surface area contributed by atoms with E-state index in [1.54, 1.807) is 31.3 Å². The summed E-state index contributed by atoms with van der Waals surface area (Å²) in [4.78, 5) is 0.312. The van der Waals surface area contributed by atoms with Gasteiger partial charge in [-0.2, -0.15) is 0 Å². The molecular formula is C19H31ClN2O2S. The second-order valence-corrected chi connectivity index (χ2v) is 9.58.